The lowest BCUT2D eigenvalue weighted by atomic mass is 10.1. The molecule has 0 unspecified atom stereocenters. The van der Waals surface area contributed by atoms with Gasteiger partial charge in [-0.15, -0.1) is 0 Å². The molecule has 0 aliphatic heterocycles. The number of benzene rings is 1. The maximum Gasteiger partial charge on any atom is 0.157 e. The number of carbonyl (C=O) groups excluding carboxylic acids is 1. The summed E-state index contributed by atoms with van der Waals surface area (Å²) in [6, 6.07) is 4.93. The molecule has 0 saturated heterocycles. The second-order valence-corrected chi connectivity index (χ2v) is 2.82. The summed E-state index contributed by atoms with van der Waals surface area (Å²) in [6.07, 6.45) is -0.349. The molecule has 1 aromatic rings. The van der Waals surface area contributed by atoms with Crippen LogP contribution >= 0.6 is 0 Å². The molecule has 0 aromatic heterocycles. The van der Waals surface area contributed by atoms with Gasteiger partial charge in [-0.05, 0) is 30.3 Å². The van der Waals surface area contributed by atoms with Gasteiger partial charge in [-0.25, -0.2) is 0 Å². The van der Waals surface area contributed by atoms with Gasteiger partial charge in [-0.3, -0.25) is 0 Å². The lowest BCUT2D eigenvalue weighted by Crippen LogP contribution is -2.37. The fourth-order valence-corrected chi connectivity index (χ4v) is 1.01. The summed E-state index contributed by atoms with van der Waals surface area (Å²) < 4.78 is 0. The highest BCUT2D eigenvalue weighted by atomic mass is 16.6. The molecule has 0 atom stereocenters. The number of carbonyl (C=O) groups is 1. The zero-order valence-corrected chi connectivity index (χ0v) is 8.27. The van der Waals surface area contributed by atoms with E-state index in [-0.39, 0.29) is 11.5 Å². The molecule has 0 amide bonds. The van der Waals surface area contributed by atoms with Crippen molar-refractivity contribution in [2.45, 2.75) is 19.8 Å². The maximum absolute atomic E-state index is 9.08. The molecule has 5 nitrogen and oxygen atoms in total. The SMILES string of the molecule is CCCc1ccc(O)c(O)c1.O=C([O-])[O-]. The second kappa shape index (κ2) is 6.53. The van der Waals surface area contributed by atoms with Gasteiger partial charge in [0.15, 0.2) is 11.5 Å². The zero-order valence-electron chi connectivity index (χ0n) is 8.27. The molecule has 84 valence electrons. The molecular formula is C10H12O5-2. The maximum atomic E-state index is 9.08. The van der Waals surface area contributed by atoms with Gasteiger partial charge in [-0.1, -0.05) is 19.4 Å². The number of carboxylic acid groups (broad SMARTS) is 2. The van der Waals surface area contributed by atoms with Crippen LogP contribution in [0, 0.1) is 0 Å². The zero-order chi connectivity index (χ0) is 11.8. The summed E-state index contributed by atoms with van der Waals surface area (Å²) in [5.74, 6) is -0.0826. The first kappa shape index (κ1) is 13.1. The van der Waals surface area contributed by atoms with Gasteiger partial charge in [0.05, 0.1) is 0 Å². The van der Waals surface area contributed by atoms with Crippen LogP contribution in [0.25, 0.3) is 0 Å². The molecule has 15 heavy (non-hydrogen) atoms. The van der Waals surface area contributed by atoms with E-state index in [0.29, 0.717) is 0 Å². The van der Waals surface area contributed by atoms with Gasteiger partial charge >= 0.3 is 0 Å². The highest BCUT2D eigenvalue weighted by Gasteiger charge is 1.98. The molecule has 1 rings (SSSR count). The van der Waals surface area contributed by atoms with E-state index in [0.717, 1.165) is 18.4 Å². The third-order valence-electron chi connectivity index (χ3n) is 1.58. The van der Waals surface area contributed by atoms with Gasteiger partial charge in [0.1, 0.15) is 0 Å². The van der Waals surface area contributed by atoms with E-state index in [1.165, 1.54) is 6.07 Å². The second-order valence-electron chi connectivity index (χ2n) is 2.82. The monoisotopic (exact) mass is 212 g/mol. The Kier molecular flexibility index (Phi) is 5.70. The highest BCUT2D eigenvalue weighted by molar-refractivity contribution is 5.47. The van der Waals surface area contributed by atoms with Crippen molar-refractivity contribution in [1.29, 1.82) is 0 Å². The van der Waals surface area contributed by atoms with Crippen molar-refractivity contribution < 1.29 is 25.2 Å². The van der Waals surface area contributed by atoms with Crippen molar-refractivity contribution in [1.82, 2.24) is 0 Å². The largest absolute Gasteiger partial charge is 0.652 e. The van der Waals surface area contributed by atoms with E-state index in [1.54, 1.807) is 6.07 Å². The lowest BCUT2D eigenvalue weighted by Gasteiger charge is -2.00. The molecule has 0 heterocycles. The van der Waals surface area contributed by atoms with Gasteiger partial charge in [-0.2, -0.15) is 0 Å². The van der Waals surface area contributed by atoms with E-state index < -0.39 is 6.16 Å². The molecular weight excluding hydrogens is 200 g/mol. The molecule has 1 aromatic carbocycles. The van der Waals surface area contributed by atoms with Crippen LogP contribution in [-0.4, -0.2) is 16.4 Å². The molecule has 0 bridgehead atoms. The number of rotatable bonds is 2. The van der Waals surface area contributed by atoms with Crippen molar-refractivity contribution >= 4 is 6.16 Å². The Hall–Kier alpha value is -1.91. The molecule has 0 saturated carbocycles. The highest BCUT2D eigenvalue weighted by Crippen LogP contribution is 2.25. The Morgan fingerprint density at radius 1 is 1.27 bits per heavy atom. The van der Waals surface area contributed by atoms with Gasteiger partial charge < -0.3 is 25.2 Å². The van der Waals surface area contributed by atoms with Crippen LogP contribution in [0.4, 0.5) is 4.79 Å². The minimum atomic E-state index is -2.33. The normalized spacial score (nSPS) is 8.87. The molecule has 0 fully saturated rings. The lowest BCUT2D eigenvalue weighted by molar-refractivity contribution is -0.415. The summed E-state index contributed by atoms with van der Waals surface area (Å²) in [4.78, 5) is 8.33. The van der Waals surface area contributed by atoms with Crippen molar-refractivity contribution in [3.63, 3.8) is 0 Å². The summed E-state index contributed by atoms with van der Waals surface area (Å²) >= 11 is 0. The molecule has 0 aliphatic carbocycles. The van der Waals surface area contributed by atoms with Gasteiger partial charge in [0, 0.05) is 0 Å². The minimum absolute atomic E-state index is 0.0315. The van der Waals surface area contributed by atoms with Crippen LogP contribution in [0.2, 0.25) is 0 Å². The van der Waals surface area contributed by atoms with Crippen LogP contribution in [0.3, 0.4) is 0 Å². The average Bonchev–Trinajstić information content (AvgIpc) is 2.11. The summed E-state index contributed by atoms with van der Waals surface area (Å²) in [5.41, 5.74) is 1.06. The van der Waals surface area contributed by atoms with Crippen LogP contribution in [0.15, 0.2) is 18.2 Å². The molecule has 0 radical (unpaired) electrons. The van der Waals surface area contributed by atoms with Crippen LogP contribution in [-0.2, 0) is 6.42 Å². The van der Waals surface area contributed by atoms with E-state index in [4.69, 9.17) is 25.2 Å². The summed E-state index contributed by atoms with van der Waals surface area (Å²) in [6.45, 7) is 2.07. The van der Waals surface area contributed by atoms with Crippen LogP contribution in [0.5, 0.6) is 11.5 Å². The summed E-state index contributed by atoms with van der Waals surface area (Å²) in [5, 5.41) is 34.7. The molecule has 0 aliphatic rings. The average molecular weight is 212 g/mol. The van der Waals surface area contributed by atoms with Crippen molar-refractivity contribution in [2.24, 2.45) is 0 Å². The number of phenols is 2. The molecule has 0 spiro atoms. The third kappa shape index (κ3) is 6.20. The minimum Gasteiger partial charge on any atom is -0.652 e. The van der Waals surface area contributed by atoms with Crippen molar-refractivity contribution in [3.05, 3.63) is 23.8 Å². The Morgan fingerprint density at radius 2 is 1.80 bits per heavy atom. The fraction of sp³-hybridized carbons (Fsp3) is 0.300. The third-order valence-corrected chi connectivity index (χ3v) is 1.58. The van der Waals surface area contributed by atoms with Gasteiger partial charge in [0.25, 0.3) is 0 Å². The predicted molar refractivity (Wildman–Crippen MR) is 49.2 cm³/mol. The van der Waals surface area contributed by atoms with Crippen molar-refractivity contribution in [3.8, 4) is 11.5 Å². The number of phenolic OH excluding ortho intramolecular Hbond substituents is 2. The number of hydrogen-bond acceptors (Lipinski definition) is 5. The quantitative estimate of drug-likeness (QED) is 0.649. The van der Waals surface area contributed by atoms with E-state index in [9.17, 15) is 0 Å². The Labute approximate surface area is 87.2 Å². The molecule has 2 N–H and O–H groups in total. The number of hydrogen-bond donors (Lipinski definition) is 2. The van der Waals surface area contributed by atoms with Crippen LogP contribution < -0.4 is 10.2 Å². The number of aryl methyl sites for hydroxylation is 1. The molecule has 5 heteroatoms. The number of aromatic hydroxyl groups is 2. The Bertz CT molecular complexity index is 318. The fourth-order valence-electron chi connectivity index (χ4n) is 1.01. The Morgan fingerprint density at radius 3 is 2.20 bits per heavy atom. The van der Waals surface area contributed by atoms with Crippen molar-refractivity contribution in [2.75, 3.05) is 0 Å². The van der Waals surface area contributed by atoms with E-state index >= 15 is 0 Å². The standard InChI is InChI=1S/C9H12O2.CH2O3/c1-2-3-7-4-5-8(10)9(11)6-7;2-1(3)4/h4-6,10-11H,2-3H2,1H3;(H2,2,3,4)/p-2. The Balaban J connectivity index is 0.000000423. The van der Waals surface area contributed by atoms with Crippen LogP contribution in [0.1, 0.15) is 18.9 Å². The topological polar surface area (TPSA) is 104 Å². The predicted octanol–water partition coefficient (Wildman–Crippen LogP) is -0.397. The first-order valence-corrected chi connectivity index (χ1v) is 4.36. The van der Waals surface area contributed by atoms with E-state index in [2.05, 4.69) is 6.92 Å². The first-order chi connectivity index (χ1) is 6.97. The smallest absolute Gasteiger partial charge is 0.157 e. The van der Waals surface area contributed by atoms with E-state index in [1.807, 2.05) is 6.07 Å². The van der Waals surface area contributed by atoms with Gasteiger partial charge in [0.2, 0.25) is 0 Å². The summed E-state index contributed by atoms with van der Waals surface area (Å²) in [7, 11) is 0. The first-order valence-electron chi connectivity index (χ1n) is 4.36.